The molecule has 17 nitrogen and oxygen atoms in total. The van der Waals surface area contributed by atoms with Crippen LogP contribution in [0.5, 0.6) is 0 Å². The molecule has 0 aromatic carbocycles. The molecule has 0 aromatic rings. The van der Waals surface area contributed by atoms with Gasteiger partial charge in [0.2, 0.25) is 0 Å². The fraction of sp³-hybridized carbons (Fsp3) is 1.00. The number of ether oxygens (including phenoxy) is 3. The van der Waals surface area contributed by atoms with Crippen LogP contribution in [0.1, 0.15) is 0 Å². The van der Waals surface area contributed by atoms with Gasteiger partial charge >= 0.3 is 15.6 Å². The van der Waals surface area contributed by atoms with Crippen LogP contribution in [0.3, 0.4) is 0 Å². The van der Waals surface area contributed by atoms with Gasteiger partial charge < -0.3 is 64.4 Å². The summed E-state index contributed by atoms with van der Waals surface area (Å²) in [6.07, 6.45) is -18.7. The molecule has 0 amide bonds. The number of phosphoric acid groups is 2. The van der Waals surface area contributed by atoms with Crippen molar-refractivity contribution in [3.63, 3.8) is 0 Å². The first-order chi connectivity index (χ1) is 14.1. The van der Waals surface area contributed by atoms with Crippen LogP contribution >= 0.6 is 15.6 Å². The molecule has 10 atom stereocenters. The molecule has 19 heteroatoms. The fourth-order valence-corrected chi connectivity index (χ4v) is 3.55. The largest absolute Gasteiger partial charge is 0.469 e. The molecule has 0 saturated carbocycles. The molecule has 0 aromatic heterocycles. The summed E-state index contributed by atoms with van der Waals surface area (Å²) >= 11 is 0. The second-order valence-corrected chi connectivity index (χ2v) is 9.21. The zero-order chi connectivity index (χ0) is 23.7. The molecule has 0 bridgehead atoms. The van der Waals surface area contributed by atoms with E-state index in [2.05, 4.69) is 9.05 Å². The third kappa shape index (κ3) is 7.43. The topological polar surface area (TPSA) is 283 Å². The smallest absolute Gasteiger partial charge is 0.387 e. The summed E-state index contributed by atoms with van der Waals surface area (Å²) < 4.78 is 45.0. The Morgan fingerprint density at radius 2 is 1.10 bits per heavy atom. The maximum Gasteiger partial charge on any atom is 0.469 e. The highest BCUT2D eigenvalue weighted by molar-refractivity contribution is 7.46. The van der Waals surface area contributed by atoms with Crippen molar-refractivity contribution in [1.82, 2.24) is 0 Å². The number of aliphatic hydroxyl groups excluding tert-OH is 6. The quantitative estimate of drug-likeness (QED) is 0.139. The summed E-state index contributed by atoms with van der Waals surface area (Å²) in [4.78, 5) is 34.8. The minimum absolute atomic E-state index is 0.915. The van der Waals surface area contributed by atoms with Crippen LogP contribution in [0.2, 0.25) is 0 Å². The molecular weight excluding hydrogens is 478 g/mol. The average Bonchev–Trinajstić information content (AvgIpc) is 2.64. The highest BCUT2D eigenvalue weighted by Gasteiger charge is 2.50. The van der Waals surface area contributed by atoms with Crippen LogP contribution in [-0.4, -0.2) is 125 Å². The fourth-order valence-electron chi connectivity index (χ4n) is 2.87. The SMILES string of the molecule is O=P(O)(O)OC[C@H]1O[C@H](O[C@@H]2C(O)O[C@H](COP(=O)(O)O)[C@@H](O)[C@@H]2O)[C@@H](O)[C@@H](O)[C@@H]1O. The van der Waals surface area contributed by atoms with Gasteiger partial charge in [0.1, 0.15) is 48.8 Å². The lowest BCUT2D eigenvalue weighted by atomic mass is 9.97. The van der Waals surface area contributed by atoms with Crippen molar-refractivity contribution in [3.05, 3.63) is 0 Å². The van der Waals surface area contributed by atoms with Crippen molar-refractivity contribution in [2.75, 3.05) is 13.2 Å². The summed E-state index contributed by atoms with van der Waals surface area (Å²) in [5, 5.41) is 60.0. The Bertz CT molecular complexity index is 680. The van der Waals surface area contributed by atoms with E-state index in [1.165, 1.54) is 0 Å². The number of hydrogen-bond acceptors (Lipinski definition) is 13. The Kier molecular flexibility index (Phi) is 9.11. The highest BCUT2D eigenvalue weighted by Crippen LogP contribution is 2.38. The van der Waals surface area contributed by atoms with Gasteiger partial charge in [0.15, 0.2) is 12.6 Å². The van der Waals surface area contributed by atoms with Crippen molar-refractivity contribution in [1.29, 1.82) is 0 Å². The molecule has 1 unspecified atom stereocenters. The highest BCUT2D eigenvalue weighted by atomic mass is 31.2. The number of phosphoric ester groups is 2. The van der Waals surface area contributed by atoms with E-state index >= 15 is 0 Å². The molecule has 184 valence electrons. The van der Waals surface area contributed by atoms with E-state index in [4.69, 9.17) is 33.8 Å². The predicted octanol–water partition coefficient (Wildman–Crippen LogP) is -5.16. The lowest BCUT2D eigenvalue weighted by Crippen LogP contribution is -2.64. The Labute approximate surface area is 173 Å². The van der Waals surface area contributed by atoms with Gasteiger partial charge in [0.05, 0.1) is 13.2 Å². The van der Waals surface area contributed by atoms with Gasteiger partial charge in [0, 0.05) is 0 Å². The number of rotatable bonds is 8. The minimum atomic E-state index is -4.98. The molecule has 2 rings (SSSR count). The Morgan fingerprint density at radius 1 is 0.645 bits per heavy atom. The molecule has 10 N–H and O–H groups in total. The summed E-state index contributed by atoms with van der Waals surface area (Å²) in [5.74, 6) is 0. The number of aliphatic hydroxyl groups is 6. The van der Waals surface area contributed by atoms with Crippen molar-refractivity contribution >= 4 is 15.6 Å². The monoisotopic (exact) mass is 502 g/mol. The van der Waals surface area contributed by atoms with Crippen LogP contribution < -0.4 is 0 Å². The van der Waals surface area contributed by atoms with Crippen LogP contribution in [0.15, 0.2) is 0 Å². The molecule has 0 spiro atoms. The molecule has 2 saturated heterocycles. The van der Waals surface area contributed by atoms with Crippen molar-refractivity contribution in [3.8, 4) is 0 Å². The van der Waals surface area contributed by atoms with E-state index in [1.54, 1.807) is 0 Å². The van der Waals surface area contributed by atoms with Crippen molar-refractivity contribution < 1.29 is 82.6 Å². The molecule has 31 heavy (non-hydrogen) atoms. The molecule has 0 aliphatic carbocycles. The Morgan fingerprint density at radius 3 is 1.58 bits per heavy atom. The first kappa shape index (κ1) is 27.1. The van der Waals surface area contributed by atoms with Crippen LogP contribution in [0.25, 0.3) is 0 Å². The lowest BCUT2D eigenvalue weighted by molar-refractivity contribution is -0.361. The van der Waals surface area contributed by atoms with E-state index in [0.717, 1.165) is 0 Å². The van der Waals surface area contributed by atoms with E-state index in [9.17, 15) is 39.8 Å². The Hall–Kier alpha value is -0.140. The van der Waals surface area contributed by atoms with Crippen LogP contribution in [0.4, 0.5) is 0 Å². The average molecular weight is 502 g/mol. The minimum Gasteiger partial charge on any atom is -0.387 e. The summed E-state index contributed by atoms with van der Waals surface area (Å²) in [7, 11) is -9.93. The van der Waals surface area contributed by atoms with Gasteiger partial charge in [-0.15, -0.1) is 0 Å². The van der Waals surface area contributed by atoms with Gasteiger partial charge in [-0.2, -0.15) is 0 Å². The molecule has 0 radical (unpaired) electrons. The first-order valence-corrected chi connectivity index (χ1v) is 11.6. The van der Waals surface area contributed by atoms with Crippen LogP contribution in [-0.2, 0) is 32.4 Å². The van der Waals surface area contributed by atoms with Crippen molar-refractivity contribution in [2.45, 2.75) is 61.4 Å². The third-order valence-electron chi connectivity index (χ3n) is 4.44. The number of hydrogen-bond donors (Lipinski definition) is 10. The standard InChI is InChI=1S/C12H24O17P2/c13-5-4(2-26-31(22,23)24)28-12(9(17)7(5)15)29-10-8(16)6(14)3(27-11(10)18)1-25-30(19,20)21/h3-18H,1-2H2,(H2,19,20,21)(H2,22,23,24)/t3-,4-,5-,6-,7+,8+,9+,10+,11?,12-/m1/s1. The summed E-state index contributed by atoms with van der Waals surface area (Å²) in [6.45, 7) is -1.85. The summed E-state index contributed by atoms with van der Waals surface area (Å²) in [5.41, 5.74) is 0. The van der Waals surface area contributed by atoms with Crippen LogP contribution in [0, 0.1) is 0 Å². The van der Waals surface area contributed by atoms with E-state index < -0.39 is 90.3 Å². The van der Waals surface area contributed by atoms with Gasteiger partial charge in [-0.25, -0.2) is 9.13 Å². The molecular formula is C12H24O17P2. The lowest BCUT2D eigenvalue weighted by Gasteiger charge is -2.45. The second kappa shape index (κ2) is 10.4. The van der Waals surface area contributed by atoms with Crippen molar-refractivity contribution in [2.24, 2.45) is 0 Å². The predicted molar refractivity (Wildman–Crippen MR) is 90.4 cm³/mol. The zero-order valence-electron chi connectivity index (χ0n) is 15.4. The summed E-state index contributed by atoms with van der Waals surface area (Å²) in [6, 6.07) is 0. The van der Waals surface area contributed by atoms with E-state index in [1.807, 2.05) is 0 Å². The van der Waals surface area contributed by atoms with Gasteiger partial charge in [0.25, 0.3) is 0 Å². The molecule has 2 aliphatic heterocycles. The Balaban J connectivity index is 2.05. The maximum absolute atomic E-state index is 10.8. The molecule has 2 fully saturated rings. The first-order valence-electron chi connectivity index (χ1n) is 8.55. The maximum atomic E-state index is 10.8. The zero-order valence-corrected chi connectivity index (χ0v) is 17.2. The van der Waals surface area contributed by atoms with E-state index in [0.29, 0.717) is 0 Å². The van der Waals surface area contributed by atoms with Gasteiger partial charge in [-0.1, -0.05) is 0 Å². The van der Waals surface area contributed by atoms with Gasteiger partial charge in [-0.05, 0) is 0 Å². The second-order valence-electron chi connectivity index (χ2n) is 6.73. The van der Waals surface area contributed by atoms with Gasteiger partial charge in [-0.3, -0.25) is 9.05 Å². The van der Waals surface area contributed by atoms with E-state index in [-0.39, 0.29) is 0 Å². The third-order valence-corrected chi connectivity index (χ3v) is 5.41. The molecule has 2 heterocycles. The molecule has 2 aliphatic rings. The normalized spacial score (nSPS) is 42.5.